The molecule has 88 valence electrons. The van der Waals surface area contributed by atoms with E-state index in [1.165, 1.54) is 11.6 Å². The Balaban J connectivity index is 2.40. The fraction of sp³-hybridized carbons (Fsp3) is 0.231. The van der Waals surface area contributed by atoms with Gasteiger partial charge in [-0.25, -0.2) is 4.98 Å². The topological polar surface area (TPSA) is 34.9 Å². The standard InChI is InChI=1S/C13H13ClN2O/c1-9-4-3-5-11(6-9)8-16-10(2)15-12(14)7-13(16)17/h3-7H,8H2,1-2H3. The summed E-state index contributed by atoms with van der Waals surface area (Å²) in [5.74, 6) is 0.629. The van der Waals surface area contributed by atoms with Gasteiger partial charge >= 0.3 is 0 Å². The van der Waals surface area contributed by atoms with E-state index in [0.29, 0.717) is 12.4 Å². The molecule has 0 radical (unpaired) electrons. The summed E-state index contributed by atoms with van der Waals surface area (Å²) in [4.78, 5) is 15.9. The summed E-state index contributed by atoms with van der Waals surface area (Å²) in [5.41, 5.74) is 2.14. The molecule has 2 aromatic rings. The van der Waals surface area contributed by atoms with Crippen LogP contribution in [0.15, 0.2) is 35.1 Å². The minimum atomic E-state index is -0.121. The van der Waals surface area contributed by atoms with Gasteiger partial charge in [0.25, 0.3) is 5.56 Å². The Morgan fingerprint density at radius 3 is 2.71 bits per heavy atom. The summed E-state index contributed by atoms with van der Waals surface area (Å²) >= 11 is 5.73. The molecule has 0 N–H and O–H groups in total. The van der Waals surface area contributed by atoms with Crippen molar-refractivity contribution in [2.45, 2.75) is 20.4 Å². The maximum Gasteiger partial charge on any atom is 0.255 e. The molecule has 1 heterocycles. The molecule has 0 unspecified atom stereocenters. The predicted octanol–water partition coefficient (Wildman–Crippen LogP) is 2.56. The first-order valence-electron chi connectivity index (χ1n) is 5.36. The lowest BCUT2D eigenvalue weighted by atomic mass is 10.1. The first-order chi connectivity index (χ1) is 8.06. The third-order valence-electron chi connectivity index (χ3n) is 2.59. The van der Waals surface area contributed by atoms with E-state index < -0.39 is 0 Å². The molecule has 0 amide bonds. The smallest absolute Gasteiger partial charge is 0.255 e. The van der Waals surface area contributed by atoms with Crippen molar-refractivity contribution in [2.75, 3.05) is 0 Å². The van der Waals surface area contributed by atoms with E-state index in [-0.39, 0.29) is 10.7 Å². The van der Waals surface area contributed by atoms with Gasteiger partial charge in [-0.15, -0.1) is 0 Å². The summed E-state index contributed by atoms with van der Waals surface area (Å²) in [6.07, 6.45) is 0. The van der Waals surface area contributed by atoms with Crippen LogP contribution < -0.4 is 5.56 Å². The Hall–Kier alpha value is -1.61. The van der Waals surface area contributed by atoms with Gasteiger partial charge in [0.05, 0.1) is 6.54 Å². The predicted molar refractivity (Wildman–Crippen MR) is 68.5 cm³/mol. The van der Waals surface area contributed by atoms with E-state index in [1.807, 2.05) is 25.1 Å². The average Bonchev–Trinajstić information content (AvgIpc) is 2.23. The SMILES string of the molecule is Cc1cccc(Cn2c(C)nc(Cl)cc2=O)c1. The summed E-state index contributed by atoms with van der Waals surface area (Å²) in [5, 5.41) is 0.244. The molecule has 1 aromatic heterocycles. The molecule has 2 rings (SSSR count). The van der Waals surface area contributed by atoms with E-state index in [1.54, 1.807) is 11.5 Å². The van der Waals surface area contributed by atoms with Gasteiger partial charge in [-0.3, -0.25) is 9.36 Å². The molecule has 0 aliphatic rings. The number of hydrogen-bond acceptors (Lipinski definition) is 2. The van der Waals surface area contributed by atoms with Crippen LogP contribution in [0.4, 0.5) is 0 Å². The largest absolute Gasteiger partial charge is 0.292 e. The van der Waals surface area contributed by atoms with E-state index in [9.17, 15) is 4.79 Å². The van der Waals surface area contributed by atoms with E-state index in [4.69, 9.17) is 11.6 Å². The maximum absolute atomic E-state index is 11.8. The van der Waals surface area contributed by atoms with Crippen LogP contribution in [0.1, 0.15) is 17.0 Å². The lowest BCUT2D eigenvalue weighted by Crippen LogP contribution is -2.23. The molecule has 0 saturated heterocycles. The fourth-order valence-electron chi connectivity index (χ4n) is 1.77. The zero-order valence-electron chi connectivity index (χ0n) is 9.77. The van der Waals surface area contributed by atoms with Gasteiger partial charge in [0.15, 0.2) is 0 Å². The first-order valence-corrected chi connectivity index (χ1v) is 5.73. The highest BCUT2D eigenvalue weighted by Gasteiger charge is 2.04. The molecule has 3 nitrogen and oxygen atoms in total. The van der Waals surface area contributed by atoms with Crippen LogP contribution in [0.5, 0.6) is 0 Å². The fourth-order valence-corrected chi connectivity index (χ4v) is 1.99. The van der Waals surface area contributed by atoms with Crippen molar-refractivity contribution >= 4 is 11.6 Å². The number of rotatable bonds is 2. The van der Waals surface area contributed by atoms with Gasteiger partial charge < -0.3 is 0 Å². The number of nitrogens with zero attached hydrogens (tertiary/aromatic N) is 2. The number of halogens is 1. The Morgan fingerprint density at radius 1 is 1.29 bits per heavy atom. The van der Waals surface area contributed by atoms with Crippen molar-refractivity contribution in [3.8, 4) is 0 Å². The van der Waals surface area contributed by atoms with Crippen LogP contribution >= 0.6 is 11.6 Å². The minimum absolute atomic E-state index is 0.121. The number of benzene rings is 1. The minimum Gasteiger partial charge on any atom is -0.292 e. The molecular weight excluding hydrogens is 236 g/mol. The second-order valence-electron chi connectivity index (χ2n) is 4.04. The zero-order valence-corrected chi connectivity index (χ0v) is 10.5. The van der Waals surface area contributed by atoms with E-state index in [2.05, 4.69) is 11.1 Å². The zero-order chi connectivity index (χ0) is 12.4. The second-order valence-corrected chi connectivity index (χ2v) is 4.43. The number of aryl methyl sites for hydroxylation is 2. The highest BCUT2D eigenvalue weighted by Crippen LogP contribution is 2.07. The number of hydrogen-bond donors (Lipinski definition) is 0. The lowest BCUT2D eigenvalue weighted by Gasteiger charge is -2.09. The van der Waals surface area contributed by atoms with Gasteiger partial charge in [-0.2, -0.15) is 0 Å². The summed E-state index contributed by atoms with van der Waals surface area (Å²) in [6.45, 7) is 4.33. The molecule has 0 bridgehead atoms. The monoisotopic (exact) mass is 248 g/mol. The maximum atomic E-state index is 11.8. The van der Waals surface area contributed by atoms with Crippen molar-refractivity contribution in [3.63, 3.8) is 0 Å². The van der Waals surface area contributed by atoms with Gasteiger partial charge in [-0.1, -0.05) is 41.4 Å². The molecule has 0 atom stereocenters. The van der Waals surface area contributed by atoms with Crippen LogP contribution in [0.3, 0.4) is 0 Å². The molecule has 0 spiro atoms. The summed E-state index contributed by atoms with van der Waals surface area (Å²) in [7, 11) is 0. The normalized spacial score (nSPS) is 10.5. The van der Waals surface area contributed by atoms with Crippen LogP contribution in [-0.4, -0.2) is 9.55 Å². The Bertz CT molecular complexity index is 605. The molecule has 0 fully saturated rings. The van der Waals surface area contributed by atoms with Crippen LogP contribution in [-0.2, 0) is 6.54 Å². The highest BCUT2D eigenvalue weighted by atomic mass is 35.5. The van der Waals surface area contributed by atoms with Crippen molar-refractivity contribution in [1.82, 2.24) is 9.55 Å². The summed E-state index contributed by atoms with van der Waals surface area (Å²) in [6, 6.07) is 9.39. The van der Waals surface area contributed by atoms with Crippen LogP contribution in [0, 0.1) is 13.8 Å². The van der Waals surface area contributed by atoms with Gasteiger partial charge in [0.2, 0.25) is 0 Å². The van der Waals surface area contributed by atoms with Crippen molar-refractivity contribution in [1.29, 1.82) is 0 Å². The molecule has 17 heavy (non-hydrogen) atoms. The van der Waals surface area contributed by atoms with Gasteiger partial charge in [-0.05, 0) is 19.4 Å². The van der Waals surface area contributed by atoms with Crippen molar-refractivity contribution < 1.29 is 0 Å². The third kappa shape index (κ3) is 2.74. The quantitative estimate of drug-likeness (QED) is 0.766. The average molecular weight is 249 g/mol. The van der Waals surface area contributed by atoms with Crippen molar-refractivity contribution in [2.24, 2.45) is 0 Å². The Labute approximate surface area is 105 Å². The molecule has 4 heteroatoms. The molecule has 0 aliphatic heterocycles. The summed E-state index contributed by atoms with van der Waals surface area (Å²) < 4.78 is 1.61. The third-order valence-corrected chi connectivity index (χ3v) is 2.78. The number of aromatic nitrogens is 2. The Kier molecular flexibility index (Phi) is 3.29. The molecular formula is C13H13ClN2O. The highest BCUT2D eigenvalue weighted by molar-refractivity contribution is 6.29. The molecule has 0 saturated carbocycles. The van der Waals surface area contributed by atoms with Gasteiger partial charge in [0, 0.05) is 6.07 Å². The van der Waals surface area contributed by atoms with E-state index in [0.717, 1.165) is 5.56 Å². The second kappa shape index (κ2) is 4.72. The van der Waals surface area contributed by atoms with Crippen molar-refractivity contribution in [3.05, 3.63) is 62.8 Å². The van der Waals surface area contributed by atoms with Crippen LogP contribution in [0.25, 0.3) is 0 Å². The van der Waals surface area contributed by atoms with E-state index >= 15 is 0 Å². The van der Waals surface area contributed by atoms with Crippen LogP contribution in [0.2, 0.25) is 5.15 Å². The molecule has 1 aromatic carbocycles. The van der Waals surface area contributed by atoms with Gasteiger partial charge in [0.1, 0.15) is 11.0 Å². The first kappa shape index (κ1) is 11.9. The molecule has 0 aliphatic carbocycles. The Morgan fingerprint density at radius 2 is 2.06 bits per heavy atom. The lowest BCUT2D eigenvalue weighted by molar-refractivity contribution is 0.700.